The van der Waals surface area contributed by atoms with Crippen molar-refractivity contribution in [1.29, 1.82) is 0 Å². The van der Waals surface area contributed by atoms with E-state index in [1.807, 2.05) is 12.1 Å². The first-order valence-electron chi connectivity index (χ1n) is 5.70. The minimum atomic E-state index is -0.307. The molecule has 3 nitrogen and oxygen atoms in total. The summed E-state index contributed by atoms with van der Waals surface area (Å²) in [5, 5.41) is 0. The van der Waals surface area contributed by atoms with Crippen molar-refractivity contribution in [3.05, 3.63) is 29.3 Å². The van der Waals surface area contributed by atoms with Gasteiger partial charge in [0.25, 0.3) is 0 Å². The molecule has 0 saturated carbocycles. The number of fused-ring (bicyclic) bond motifs is 1. The molecule has 0 N–H and O–H groups in total. The zero-order valence-electron chi connectivity index (χ0n) is 9.49. The molecule has 0 unspecified atom stereocenters. The Morgan fingerprint density at radius 1 is 1.38 bits per heavy atom. The maximum Gasteiger partial charge on any atom is 0.344 e. The summed E-state index contributed by atoms with van der Waals surface area (Å²) in [6.45, 7) is 2.19. The maximum atomic E-state index is 11.2. The van der Waals surface area contributed by atoms with Gasteiger partial charge in [0.2, 0.25) is 0 Å². The highest BCUT2D eigenvalue weighted by Gasteiger charge is 2.15. The number of hydrogen-bond acceptors (Lipinski definition) is 3. The molecule has 0 spiro atoms. The number of ether oxygens (including phenoxy) is 2. The largest absolute Gasteiger partial charge is 0.482 e. The van der Waals surface area contributed by atoms with E-state index >= 15 is 0 Å². The number of carbonyl (C=O) groups excluding carboxylic acids is 1. The van der Waals surface area contributed by atoms with Crippen LogP contribution in [0, 0.1) is 0 Å². The molecule has 1 aliphatic carbocycles. The Hall–Kier alpha value is -1.51. The lowest BCUT2D eigenvalue weighted by molar-refractivity contribution is -0.145. The first kappa shape index (κ1) is 11.0. The Bertz CT molecular complexity index is 385. The Morgan fingerprint density at radius 2 is 2.25 bits per heavy atom. The first-order chi connectivity index (χ1) is 7.81. The summed E-state index contributed by atoms with van der Waals surface area (Å²) in [5.74, 6) is 0.529. The lowest BCUT2D eigenvalue weighted by Crippen LogP contribution is -2.15. The Morgan fingerprint density at radius 3 is 3.06 bits per heavy atom. The van der Waals surface area contributed by atoms with Crippen molar-refractivity contribution in [2.75, 3.05) is 13.2 Å². The monoisotopic (exact) mass is 220 g/mol. The van der Waals surface area contributed by atoms with Gasteiger partial charge in [0, 0.05) is 0 Å². The van der Waals surface area contributed by atoms with Gasteiger partial charge in [-0.2, -0.15) is 0 Å². The van der Waals surface area contributed by atoms with Crippen molar-refractivity contribution in [1.82, 2.24) is 0 Å². The molecule has 3 heteroatoms. The maximum absolute atomic E-state index is 11.2. The summed E-state index contributed by atoms with van der Waals surface area (Å²) in [5.41, 5.74) is 2.60. The Labute approximate surface area is 95.4 Å². The fourth-order valence-electron chi connectivity index (χ4n) is 2.06. The minimum absolute atomic E-state index is 0.00426. The molecule has 2 rings (SSSR count). The smallest absolute Gasteiger partial charge is 0.344 e. The van der Waals surface area contributed by atoms with Gasteiger partial charge < -0.3 is 9.47 Å². The van der Waals surface area contributed by atoms with Crippen LogP contribution in [-0.2, 0) is 22.4 Å². The molecule has 0 fully saturated rings. The molecule has 1 aromatic carbocycles. The SMILES string of the molecule is CCOC(=O)COc1cccc2c1CCC2. The Kier molecular flexibility index (Phi) is 3.44. The van der Waals surface area contributed by atoms with Gasteiger partial charge in [0.1, 0.15) is 5.75 Å². The fraction of sp³-hybridized carbons (Fsp3) is 0.462. The first-order valence-corrected chi connectivity index (χ1v) is 5.70. The molecule has 16 heavy (non-hydrogen) atoms. The zero-order chi connectivity index (χ0) is 11.4. The molecule has 0 atom stereocenters. The highest BCUT2D eigenvalue weighted by atomic mass is 16.6. The number of benzene rings is 1. The zero-order valence-corrected chi connectivity index (χ0v) is 9.49. The third kappa shape index (κ3) is 2.35. The Balaban J connectivity index is 2.00. The van der Waals surface area contributed by atoms with Gasteiger partial charge in [-0.1, -0.05) is 12.1 Å². The van der Waals surface area contributed by atoms with Crippen LogP contribution in [0.1, 0.15) is 24.5 Å². The van der Waals surface area contributed by atoms with E-state index in [9.17, 15) is 4.79 Å². The summed E-state index contributed by atoms with van der Waals surface area (Å²) in [6, 6.07) is 6.02. The van der Waals surface area contributed by atoms with Crippen molar-refractivity contribution >= 4 is 5.97 Å². The number of rotatable bonds is 4. The number of aryl methyl sites for hydroxylation is 1. The number of esters is 1. The van der Waals surface area contributed by atoms with Crippen LogP contribution in [-0.4, -0.2) is 19.2 Å². The molecule has 1 aliphatic rings. The van der Waals surface area contributed by atoms with Crippen LogP contribution >= 0.6 is 0 Å². The molecule has 0 saturated heterocycles. The molecule has 0 aromatic heterocycles. The molecule has 0 amide bonds. The highest BCUT2D eigenvalue weighted by molar-refractivity contribution is 5.71. The molecule has 1 aromatic rings. The summed E-state index contributed by atoms with van der Waals surface area (Å²) in [7, 11) is 0. The van der Waals surface area contributed by atoms with Crippen LogP contribution in [0.4, 0.5) is 0 Å². The number of hydrogen-bond donors (Lipinski definition) is 0. The molecular formula is C13H16O3. The van der Waals surface area contributed by atoms with Crippen molar-refractivity contribution in [3.8, 4) is 5.75 Å². The van der Waals surface area contributed by atoms with Gasteiger partial charge in [0.15, 0.2) is 6.61 Å². The summed E-state index contributed by atoms with van der Waals surface area (Å²) >= 11 is 0. The second-order valence-electron chi connectivity index (χ2n) is 3.84. The molecule has 0 aliphatic heterocycles. The lowest BCUT2D eigenvalue weighted by Gasteiger charge is -2.09. The third-order valence-corrected chi connectivity index (χ3v) is 2.75. The molecule has 0 heterocycles. The summed E-state index contributed by atoms with van der Waals surface area (Å²) in [4.78, 5) is 11.2. The van der Waals surface area contributed by atoms with Crippen LogP contribution in [0.15, 0.2) is 18.2 Å². The number of carbonyl (C=O) groups is 1. The quantitative estimate of drug-likeness (QED) is 0.729. The average molecular weight is 220 g/mol. The lowest BCUT2D eigenvalue weighted by atomic mass is 10.1. The van der Waals surface area contributed by atoms with E-state index in [0.29, 0.717) is 6.61 Å². The van der Waals surface area contributed by atoms with Crippen LogP contribution in [0.2, 0.25) is 0 Å². The van der Waals surface area contributed by atoms with Gasteiger partial charge in [-0.25, -0.2) is 4.79 Å². The van der Waals surface area contributed by atoms with E-state index in [1.54, 1.807) is 6.92 Å². The van der Waals surface area contributed by atoms with Gasteiger partial charge in [0.05, 0.1) is 6.61 Å². The van der Waals surface area contributed by atoms with Crippen LogP contribution in [0.25, 0.3) is 0 Å². The van der Waals surface area contributed by atoms with Crippen molar-refractivity contribution in [2.45, 2.75) is 26.2 Å². The highest BCUT2D eigenvalue weighted by Crippen LogP contribution is 2.30. The summed E-state index contributed by atoms with van der Waals surface area (Å²) < 4.78 is 10.3. The van der Waals surface area contributed by atoms with E-state index in [0.717, 1.165) is 18.6 Å². The van der Waals surface area contributed by atoms with Crippen LogP contribution in [0.5, 0.6) is 5.75 Å². The van der Waals surface area contributed by atoms with E-state index in [1.165, 1.54) is 17.5 Å². The second kappa shape index (κ2) is 5.01. The van der Waals surface area contributed by atoms with Gasteiger partial charge >= 0.3 is 5.97 Å². The van der Waals surface area contributed by atoms with E-state index < -0.39 is 0 Å². The second-order valence-corrected chi connectivity index (χ2v) is 3.84. The normalized spacial score (nSPS) is 13.3. The van der Waals surface area contributed by atoms with Crippen LogP contribution in [0.3, 0.4) is 0 Å². The molecule has 0 radical (unpaired) electrons. The van der Waals surface area contributed by atoms with Gasteiger partial charge in [-0.3, -0.25) is 0 Å². The molecule has 0 bridgehead atoms. The summed E-state index contributed by atoms with van der Waals surface area (Å²) in [6.07, 6.45) is 3.34. The standard InChI is InChI=1S/C13H16O3/c1-2-15-13(14)9-16-12-8-4-6-10-5-3-7-11(10)12/h4,6,8H,2-3,5,7,9H2,1H3. The van der Waals surface area contributed by atoms with E-state index in [-0.39, 0.29) is 12.6 Å². The van der Waals surface area contributed by atoms with Crippen molar-refractivity contribution in [2.24, 2.45) is 0 Å². The topological polar surface area (TPSA) is 35.5 Å². The predicted octanol–water partition coefficient (Wildman–Crippen LogP) is 2.12. The van der Waals surface area contributed by atoms with Gasteiger partial charge in [-0.15, -0.1) is 0 Å². The van der Waals surface area contributed by atoms with Crippen molar-refractivity contribution in [3.63, 3.8) is 0 Å². The predicted molar refractivity (Wildman–Crippen MR) is 60.6 cm³/mol. The van der Waals surface area contributed by atoms with E-state index in [2.05, 4.69) is 6.07 Å². The molecule has 86 valence electrons. The third-order valence-electron chi connectivity index (χ3n) is 2.75. The average Bonchev–Trinajstić information content (AvgIpc) is 2.75. The van der Waals surface area contributed by atoms with Crippen molar-refractivity contribution < 1.29 is 14.3 Å². The molecular weight excluding hydrogens is 204 g/mol. The fourth-order valence-corrected chi connectivity index (χ4v) is 2.06. The van der Waals surface area contributed by atoms with Crippen LogP contribution < -0.4 is 4.74 Å². The van der Waals surface area contributed by atoms with E-state index in [4.69, 9.17) is 9.47 Å². The minimum Gasteiger partial charge on any atom is -0.482 e. The van der Waals surface area contributed by atoms with Gasteiger partial charge in [-0.05, 0) is 43.4 Å².